The average molecular weight is 234 g/mol. The van der Waals surface area contributed by atoms with Gasteiger partial charge < -0.3 is 0 Å². The van der Waals surface area contributed by atoms with E-state index in [2.05, 4.69) is 25.5 Å². The topological polar surface area (TPSA) is 63.1 Å². The summed E-state index contributed by atoms with van der Waals surface area (Å²) in [5, 5.41) is 4.25. The minimum absolute atomic E-state index is 0.283. The van der Waals surface area contributed by atoms with Gasteiger partial charge in [0.2, 0.25) is 0 Å². The van der Waals surface area contributed by atoms with Crippen LogP contribution in [-0.4, -0.2) is 21.2 Å². The fourth-order valence-electron chi connectivity index (χ4n) is 1.02. The fraction of sp³-hybridized carbons (Fsp3) is 0. The van der Waals surface area contributed by atoms with Crippen LogP contribution in [0.3, 0.4) is 0 Å². The molecular formula is C10H8ClN5. The number of nitrogens with zero attached hydrogens (tertiary/aromatic N) is 4. The van der Waals surface area contributed by atoms with Crippen LogP contribution in [0.25, 0.3) is 0 Å². The van der Waals surface area contributed by atoms with Gasteiger partial charge in [0.15, 0.2) is 11.0 Å². The summed E-state index contributed by atoms with van der Waals surface area (Å²) in [6.07, 6.45) is 8.07. The van der Waals surface area contributed by atoms with Crippen molar-refractivity contribution in [3.8, 4) is 0 Å². The second-order valence-electron chi connectivity index (χ2n) is 2.85. The molecule has 0 amide bonds. The van der Waals surface area contributed by atoms with E-state index >= 15 is 0 Å². The largest absolute Gasteiger partial charge is 0.264 e. The van der Waals surface area contributed by atoms with Crippen molar-refractivity contribution in [2.75, 3.05) is 5.43 Å². The van der Waals surface area contributed by atoms with Crippen molar-refractivity contribution in [1.29, 1.82) is 0 Å². The van der Waals surface area contributed by atoms with Gasteiger partial charge in [-0.3, -0.25) is 10.4 Å². The Balaban J connectivity index is 2.03. The van der Waals surface area contributed by atoms with Crippen LogP contribution < -0.4 is 5.43 Å². The Morgan fingerprint density at radius 1 is 1.25 bits per heavy atom. The Labute approximate surface area is 97.2 Å². The molecule has 0 unspecified atom stereocenters. The van der Waals surface area contributed by atoms with E-state index in [4.69, 9.17) is 11.6 Å². The van der Waals surface area contributed by atoms with Gasteiger partial charge in [-0.2, -0.15) is 5.10 Å². The molecule has 2 rings (SSSR count). The van der Waals surface area contributed by atoms with Crippen molar-refractivity contribution >= 4 is 23.6 Å². The lowest BCUT2D eigenvalue weighted by Gasteiger charge is -1.99. The molecule has 0 bridgehead atoms. The third kappa shape index (κ3) is 2.74. The van der Waals surface area contributed by atoms with E-state index in [1.165, 1.54) is 12.4 Å². The van der Waals surface area contributed by atoms with E-state index in [0.29, 0.717) is 5.82 Å². The third-order valence-corrected chi connectivity index (χ3v) is 2.00. The molecule has 0 aliphatic rings. The van der Waals surface area contributed by atoms with Crippen LogP contribution in [0, 0.1) is 0 Å². The van der Waals surface area contributed by atoms with E-state index in [9.17, 15) is 0 Å². The maximum absolute atomic E-state index is 5.78. The van der Waals surface area contributed by atoms with Gasteiger partial charge in [0.25, 0.3) is 0 Å². The summed E-state index contributed by atoms with van der Waals surface area (Å²) in [6.45, 7) is 0. The predicted molar refractivity (Wildman–Crippen MR) is 62.5 cm³/mol. The first-order valence-corrected chi connectivity index (χ1v) is 4.89. The van der Waals surface area contributed by atoms with E-state index in [0.717, 1.165) is 5.56 Å². The summed E-state index contributed by atoms with van der Waals surface area (Å²) < 4.78 is 0. The Kier molecular flexibility index (Phi) is 3.40. The van der Waals surface area contributed by atoms with Crippen molar-refractivity contribution in [1.82, 2.24) is 15.0 Å². The minimum Gasteiger partial charge on any atom is -0.264 e. The molecular weight excluding hydrogens is 226 g/mol. The molecule has 0 aliphatic heterocycles. The van der Waals surface area contributed by atoms with Crippen molar-refractivity contribution < 1.29 is 0 Å². The van der Waals surface area contributed by atoms with Crippen molar-refractivity contribution in [2.24, 2.45) is 5.10 Å². The molecule has 0 fully saturated rings. The quantitative estimate of drug-likeness (QED) is 0.650. The molecule has 0 saturated carbocycles. The predicted octanol–water partition coefficient (Wildman–Crippen LogP) is 1.97. The smallest absolute Gasteiger partial charge is 0.184 e. The first-order valence-electron chi connectivity index (χ1n) is 4.52. The number of hydrazone groups is 1. The number of aromatic nitrogens is 3. The second-order valence-corrected chi connectivity index (χ2v) is 3.21. The molecule has 2 aromatic rings. The van der Waals surface area contributed by atoms with Crippen LogP contribution in [0.2, 0.25) is 5.15 Å². The molecule has 1 N–H and O–H groups in total. The van der Waals surface area contributed by atoms with E-state index in [1.807, 2.05) is 12.1 Å². The molecule has 0 radical (unpaired) electrons. The third-order valence-electron chi connectivity index (χ3n) is 1.72. The number of hydrogen-bond acceptors (Lipinski definition) is 5. The fourth-order valence-corrected chi connectivity index (χ4v) is 1.16. The van der Waals surface area contributed by atoms with Gasteiger partial charge in [-0.25, -0.2) is 9.97 Å². The Hall–Kier alpha value is -2.01. The minimum atomic E-state index is 0.283. The lowest BCUT2D eigenvalue weighted by Crippen LogP contribution is -1.95. The highest BCUT2D eigenvalue weighted by atomic mass is 35.5. The summed E-state index contributed by atoms with van der Waals surface area (Å²) >= 11 is 5.78. The monoisotopic (exact) mass is 233 g/mol. The molecule has 0 aliphatic carbocycles. The molecule has 0 saturated heterocycles. The standard InChI is InChI=1S/C10H8ClN5/c11-9-10(14-5-4-13-9)16-15-7-8-2-1-3-12-6-8/h1-7H,(H,14,16). The van der Waals surface area contributed by atoms with Crippen molar-refractivity contribution in [2.45, 2.75) is 0 Å². The second kappa shape index (κ2) is 5.18. The maximum Gasteiger partial charge on any atom is 0.184 e. The highest BCUT2D eigenvalue weighted by molar-refractivity contribution is 6.31. The SMILES string of the molecule is Clc1nccnc1NN=Cc1cccnc1. The molecule has 2 aromatic heterocycles. The first-order chi connectivity index (χ1) is 7.86. The number of nitrogens with one attached hydrogen (secondary N) is 1. The van der Waals surface area contributed by atoms with Crippen LogP contribution >= 0.6 is 11.6 Å². The van der Waals surface area contributed by atoms with Crippen LogP contribution in [0.15, 0.2) is 42.0 Å². The highest BCUT2D eigenvalue weighted by Crippen LogP contribution is 2.13. The summed E-state index contributed by atoms with van der Waals surface area (Å²) in [6, 6.07) is 3.72. The van der Waals surface area contributed by atoms with Gasteiger partial charge in [-0.05, 0) is 6.07 Å². The molecule has 2 heterocycles. The molecule has 0 aromatic carbocycles. The average Bonchev–Trinajstić information content (AvgIpc) is 2.33. The van der Waals surface area contributed by atoms with Gasteiger partial charge >= 0.3 is 0 Å². The van der Waals surface area contributed by atoms with Gasteiger partial charge in [0, 0.05) is 30.4 Å². The lowest BCUT2D eigenvalue weighted by atomic mass is 10.3. The molecule has 16 heavy (non-hydrogen) atoms. The number of halogens is 1. The number of rotatable bonds is 3. The van der Waals surface area contributed by atoms with Crippen molar-refractivity contribution in [3.63, 3.8) is 0 Å². The van der Waals surface area contributed by atoms with Crippen molar-refractivity contribution in [3.05, 3.63) is 47.6 Å². The summed E-state index contributed by atoms with van der Waals surface area (Å²) in [4.78, 5) is 11.8. The van der Waals surface area contributed by atoms with E-state index < -0.39 is 0 Å². The Bertz CT molecular complexity index is 486. The summed E-state index contributed by atoms with van der Waals surface area (Å²) in [5.74, 6) is 0.421. The lowest BCUT2D eigenvalue weighted by molar-refractivity contribution is 1.16. The first kappa shape index (κ1) is 10.5. The number of hydrogen-bond donors (Lipinski definition) is 1. The Morgan fingerprint density at radius 2 is 2.12 bits per heavy atom. The Morgan fingerprint density at radius 3 is 2.88 bits per heavy atom. The van der Waals surface area contributed by atoms with Crippen LogP contribution in [0.5, 0.6) is 0 Å². The molecule has 6 heteroatoms. The zero-order chi connectivity index (χ0) is 11.2. The van der Waals surface area contributed by atoms with E-state index in [1.54, 1.807) is 18.6 Å². The number of anilines is 1. The summed E-state index contributed by atoms with van der Waals surface area (Å²) in [7, 11) is 0. The van der Waals surface area contributed by atoms with Gasteiger partial charge in [-0.1, -0.05) is 17.7 Å². The van der Waals surface area contributed by atoms with Gasteiger partial charge in [-0.15, -0.1) is 0 Å². The molecule has 0 atom stereocenters. The molecule has 0 spiro atoms. The number of pyridine rings is 1. The summed E-state index contributed by atoms with van der Waals surface area (Å²) in [5.41, 5.74) is 3.58. The van der Waals surface area contributed by atoms with Crippen LogP contribution in [-0.2, 0) is 0 Å². The zero-order valence-corrected chi connectivity index (χ0v) is 8.96. The van der Waals surface area contributed by atoms with Gasteiger partial charge in [0.05, 0.1) is 6.21 Å². The highest BCUT2D eigenvalue weighted by Gasteiger charge is 1.98. The van der Waals surface area contributed by atoms with Crippen LogP contribution in [0.1, 0.15) is 5.56 Å². The molecule has 80 valence electrons. The van der Waals surface area contributed by atoms with Gasteiger partial charge in [0.1, 0.15) is 0 Å². The normalized spacial score (nSPS) is 10.6. The van der Waals surface area contributed by atoms with E-state index in [-0.39, 0.29) is 5.15 Å². The zero-order valence-electron chi connectivity index (χ0n) is 8.21. The van der Waals surface area contributed by atoms with Crippen LogP contribution in [0.4, 0.5) is 5.82 Å². The maximum atomic E-state index is 5.78. The molecule has 5 nitrogen and oxygen atoms in total.